The average Bonchev–Trinajstić information content (AvgIpc) is 2.84. The van der Waals surface area contributed by atoms with E-state index in [4.69, 9.17) is 11.6 Å². The molecule has 3 rings (SSSR count). The molecule has 1 atom stereocenters. The molecule has 9 heteroatoms. The average molecular weight is 389 g/mol. The molecule has 4 nitrogen and oxygen atoms in total. The number of thioether (sulfide) groups is 1. The van der Waals surface area contributed by atoms with Gasteiger partial charge in [-0.05, 0) is 24.0 Å². The maximum atomic E-state index is 13.1. The molecule has 0 radical (unpaired) electrons. The van der Waals surface area contributed by atoms with E-state index >= 15 is 0 Å². The van der Waals surface area contributed by atoms with E-state index in [0.717, 1.165) is 21.6 Å². The molecule has 25 heavy (non-hydrogen) atoms. The third-order valence-electron chi connectivity index (χ3n) is 3.93. The van der Waals surface area contributed by atoms with Gasteiger partial charge < -0.3 is 9.80 Å². The lowest BCUT2D eigenvalue weighted by molar-refractivity contribution is -0.106. The van der Waals surface area contributed by atoms with Crippen LogP contribution in [0, 0.1) is 0 Å². The van der Waals surface area contributed by atoms with Crippen molar-refractivity contribution in [2.45, 2.75) is 24.2 Å². The molecule has 3 heterocycles. The Morgan fingerprint density at radius 3 is 2.64 bits per heavy atom. The van der Waals surface area contributed by atoms with Crippen LogP contribution in [-0.2, 0) is 0 Å². The number of fused-ring (bicyclic) bond motifs is 1. The van der Waals surface area contributed by atoms with Crippen LogP contribution in [0.15, 0.2) is 45.7 Å². The number of nitrogens with zero attached hydrogens (tertiary/aromatic N) is 4. The summed E-state index contributed by atoms with van der Waals surface area (Å²) in [6.45, 7) is 2.02. The Morgan fingerprint density at radius 2 is 2.00 bits per heavy atom. The molecule has 134 valence electrons. The van der Waals surface area contributed by atoms with Gasteiger partial charge in [-0.2, -0.15) is 13.2 Å². The molecule has 0 saturated carbocycles. The monoisotopic (exact) mass is 388 g/mol. The van der Waals surface area contributed by atoms with Gasteiger partial charge in [0.25, 0.3) is 0 Å². The van der Waals surface area contributed by atoms with Crippen LogP contribution in [0.2, 0.25) is 5.15 Å². The summed E-state index contributed by atoms with van der Waals surface area (Å²) in [4.78, 5) is 12.7. The highest BCUT2D eigenvalue weighted by atomic mass is 35.5. The predicted octanol–water partition coefficient (Wildman–Crippen LogP) is 4.47. The van der Waals surface area contributed by atoms with E-state index in [-0.39, 0.29) is 0 Å². The lowest BCUT2D eigenvalue weighted by Crippen LogP contribution is -2.31. The second-order valence-corrected chi connectivity index (χ2v) is 7.29. The summed E-state index contributed by atoms with van der Waals surface area (Å²) in [5, 5.41) is 0.330. The normalized spacial score (nSPS) is 20.3. The SMILES string of the molecule is CCSc1ccc(Cl)nc1C1N=C2C=C(C(F)(F)F)N(C)C=C2N1C. The minimum Gasteiger partial charge on any atom is -0.345 e. The maximum Gasteiger partial charge on any atom is 0.431 e. The van der Waals surface area contributed by atoms with Gasteiger partial charge in [-0.3, -0.25) is 4.99 Å². The lowest BCUT2D eigenvalue weighted by atomic mass is 10.1. The summed E-state index contributed by atoms with van der Waals surface area (Å²) in [6.07, 6.45) is -2.43. The second-order valence-electron chi connectivity index (χ2n) is 5.60. The van der Waals surface area contributed by atoms with Crippen molar-refractivity contribution in [3.8, 4) is 0 Å². The Labute approximate surface area is 153 Å². The van der Waals surface area contributed by atoms with Crippen molar-refractivity contribution in [3.63, 3.8) is 0 Å². The Morgan fingerprint density at radius 1 is 1.28 bits per heavy atom. The summed E-state index contributed by atoms with van der Waals surface area (Å²) in [5.41, 5.74) is 0.822. The van der Waals surface area contributed by atoms with Gasteiger partial charge in [0.05, 0.1) is 11.4 Å². The topological polar surface area (TPSA) is 31.7 Å². The van der Waals surface area contributed by atoms with Gasteiger partial charge in [-0.15, -0.1) is 11.8 Å². The van der Waals surface area contributed by atoms with Gasteiger partial charge in [0.1, 0.15) is 16.5 Å². The molecule has 0 amide bonds. The zero-order valence-electron chi connectivity index (χ0n) is 13.8. The van der Waals surface area contributed by atoms with Crippen LogP contribution in [0.4, 0.5) is 13.2 Å². The van der Waals surface area contributed by atoms with Crippen molar-refractivity contribution in [3.05, 3.63) is 46.6 Å². The Hall–Kier alpha value is -1.67. The molecule has 0 N–H and O–H groups in total. The number of aliphatic imine (C=N–C) groups is 1. The molecule has 2 aliphatic heterocycles. The van der Waals surface area contributed by atoms with E-state index in [2.05, 4.69) is 9.98 Å². The van der Waals surface area contributed by atoms with Crippen LogP contribution in [0.3, 0.4) is 0 Å². The van der Waals surface area contributed by atoms with Crippen molar-refractivity contribution in [2.24, 2.45) is 4.99 Å². The number of alkyl halides is 3. The first-order chi connectivity index (χ1) is 11.7. The van der Waals surface area contributed by atoms with Crippen molar-refractivity contribution in [2.75, 3.05) is 19.8 Å². The van der Waals surface area contributed by atoms with Gasteiger partial charge in [-0.1, -0.05) is 18.5 Å². The minimum absolute atomic E-state index is 0.298. The summed E-state index contributed by atoms with van der Waals surface area (Å²) >= 11 is 7.63. The predicted molar refractivity (Wildman–Crippen MR) is 93.6 cm³/mol. The van der Waals surface area contributed by atoms with Crippen LogP contribution in [0.5, 0.6) is 0 Å². The molecular weight excluding hydrogens is 373 g/mol. The fourth-order valence-corrected chi connectivity index (χ4v) is 3.70. The highest BCUT2D eigenvalue weighted by Gasteiger charge is 2.41. The van der Waals surface area contributed by atoms with E-state index in [1.807, 2.05) is 17.9 Å². The van der Waals surface area contributed by atoms with Gasteiger partial charge in [0, 0.05) is 25.2 Å². The highest BCUT2D eigenvalue weighted by Crippen LogP contribution is 2.40. The quantitative estimate of drug-likeness (QED) is 0.565. The van der Waals surface area contributed by atoms with Gasteiger partial charge in [-0.25, -0.2) is 4.98 Å². The fourth-order valence-electron chi connectivity index (χ4n) is 2.78. The molecular formula is C16H16ClF3N4S. The lowest BCUT2D eigenvalue weighted by Gasteiger charge is -2.28. The van der Waals surface area contributed by atoms with Crippen molar-refractivity contribution >= 4 is 29.1 Å². The van der Waals surface area contributed by atoms with E-state index < -0.39 is 18.0 Å². The molecule has 0 aromatic carbocycles. The van der Waals surface area contributed by atoms with Crippen LogP contribution in [0.25, 0.3) is 0 Å². The van der Waals surface area contributed by atoms with E-state index in [1.165, 1.54) is 13.2 Å². The van der Waals surface area contributed by atoms with Crippen LogP contribution < -0.4 is 0 Å². The Balaban J connectivity index is 2.05. The number of halogens is 4. The molecule has 0 saturated heterocycles. The number of rotatable bonds is 3. The van der Waals surface area contributed by atoms with Crippen molar-refractivity contribution < 1.29 is 13.2 Å². The molecule has 0 fully saturated rings. The molecule has 0 bridgehead atoms. The van der Waals surface area contributed by atoms with Crippen molar-refractivity contribution in [1.29, 1.82) is 0 Å². The first kappa shape index (κ1) is 18.1. The van der Waals surface area contributed by atoms with Crippen molar-refractivity contribution in [1.82, 2.24) is 14.8 Å². The molecule has 1 unspecified atom stereocenters. The van der Waals surface area contributed by atoms with E-state index in [9.17, 15) is 13.2 Å². The number of pyridine rings is 1. The largest absolute Gasteiger partial charge is 0.431 e. The van der Waals surface area contributed by atoms with Gasteiger partial charge >= 0.3 is 6.18 Å². The molecule has 1 aromatic rings. The third kappa shape index (κ3) is 3.37. The number of hydrogen-bond donors (Lipinski definition) is 0. The van der Waals surface area contributed by atoms with Crippen LogP contribution in [0.1, 0.15) is 18.8 Å². The third-order valence-corrected chi connectivity index (χ3v) is 5.08. The first-order valence-electron chi connectivity index (χ1n) is 7.56. The summed E-state index contributed by atoms with van der Waals surface area (Å²) in [6, 6.07) is 3.57. The number of hydrogen-bond acceptors (Lipinski definition) is 5. The maximum absolute atomic E-state index is 13.1. The highest BCUT2D eigenvalue weighted by molar-refractivity contribution is 7.99. The van der Waals surface area contributed by atoms with Crippen LogP contribution >= 0.6 is 23.4 Å². The van der Waals surface area contributed by atoms with E-state index in [0.29, 0.717) is 22.3 Å². The standard InChI is InChI=1S/C16H16ClF3N4S/c1-4-25-11-5-6-13(17)22-14(11)15-21-9-7-12(16(18,19)20)23(2)8-10(9)24(15)3/h5-8,15H,4H2,1-3H3. The van der Waals surface area contributed by atoms with E-state index in [1.54, 1.807) is 24.9 Å². The zero-order chi connectivity index (χ0) is 18.4. The first-order valence-corrected chi connectivity index (χ1v) is 8.92. The summed E-state index contributed by atoms with van der Waals surface area (Å²) in [7, 11) is 3.16. The van der Waals surface area contributed by atoms with Gasteiger partial charge in [0.2, 0.25) is 0 Å². The second kappa shape index (κ2) is 6.57. The Kier molecular flexibility index (Phi) is 4.76. The number of allylic oxidation sites excluding steroid dienone is 2. The molecule has 0 aliphatic carbocycles. The zero-order valence-corrected chi connectivity index (χ0v) is 15.4. The fraction of sp³-hybridized carbons (Fsp3) is 0.375. The molecule has 2 aliphatic rings. The summed E-state index contributed by atoms with van der Waals surface area (Å²) < 4.78 is 39.4. The minimum atomic E-state index is -4.44. The van der Waals surface area contributed by atoms with Crippen LogP contribution in [-0.4, -0.2) is 46.5 Å². The Bertz CT molecular complexity index is 788. The number of aromatic nitrogens is 1. The summed E-state index contributed by atoms with van der Waals surface area (Å²) in [5.74, 6) is 0.840. The van der Waals surface area contributed by atoms with Gasteiger partial charge in [0.15, 0.2) is 6.17 Å². The smallest absolute Gasteiger partial charge is 0.345 e. The molecule has 1 aromatic heterocycles. The molecule has 0 spiro atoms.